The summed E-state index contributed by atoms with van der Waals surface area (Å²) < 4.78 is 8.85. The number of aromatic nitrogens is 5. The fraction of sp³-hybridized carbons (Fsp3) is 0.250. The van der Waals surface area contributed by atoms with Gasteiger partial charge in [-0.3, -0.25) is 9.48 Å². The first-order valence-corrected chi connectivity index (χ1v) is 7.45. The van der Waals surface area contributed by atoms with Crippen molar-refractivity contribution in [2.24, 2.45) is 12.8 Å². The highest BCUT2D eigenvalue weighted by Gasteiger charge is 2.13. The highest BCUT2D eigenvalue weighted by molar-refractivity contribution is 5.75. The van der Waals surface area contributed by atoms with Gasteiger partial charge in [-0.05, 0) is 19.1 Å². The van der Waals surface area contributed by atoms with Gasteiger partial charge in [0.2, 0.25) is 0 Å². The molecule has 0 aliphatic rings. The summed E-state index contributed by atoms with van der Waals surface area (Å²) in [5.41, 5.74) is 7.70. The Morgan fingerprint density at radius 2 is 2.21 bits per heavy atom. The maximum absolute atomic E-state index is 10.8. The summed E-state index contributed by atoms with van der Waals surface area (Å²) in [5.74, 6) is 0.0396. The Morgan fingerprint density at radius 3 is 2.92 bits per heavy atom. The van der Waals surface area contributed by atoms with Crippen molar-refractivity contribution >= 4 is 5.91 Å². The lowest BCUT2D eigenvalue weighted by Crippen LogP contribution is -2.19. The summed E-state index contributed by atoms with van der Waals surface area (Å²) in [5, 5.41) is 12.6. The molecule has 3 aromatic rings. The van der Waals surface area contributed by atoms with E-state index in [1.807, 2.05) is 44.7 Å². The summed E-state index contributed by atoms with van der Waals surface area (Å²) in [6.45, 7) is 1.87. The van der Waals surface area contributed by atoms with Crippen LogP contribution in [0.1, 0.15) is 18.5 Å². The van der Waals surface area contributed by atoms with E-state index in [4.69, 9.17) is 10.5 Å². The maximum atomic E-state index is 10.8. The van der Waals surface area contributed by atoms with Gasteiger partial charge in [-0.15, -0.1) is 5.10 Å². The molecule has 0 radical (unpaired) electrons. The molecule has 2 heterocycles. The molecule has 3 rings (SSSR count). The summed E-state index contributed by atoms with van der Waals surface area (Å²) in [6, 6.07) is 7.31. The molecular weight excluding hydrogens is 308 g/mol. The molecule has 0 aliphatic heterocycles. The van der Waals surface area contributed by atoms with Gasteiger partial charge in [0.15, 0.2) is 6.61 Å². The number of carbonyl (C=O) groups excluding carboxylic acids is 1. The number of carbonyl (C=O) groups is 1. The van der Waals surface area contributed by atoms with Gasteiger partial charge in [0.25, 0.3) is 5.91 Å². The quantitative estimate of drug-likeness (QED) is 0.732. The van der Waals surface area contributed by atoms with E-state index in [0.29, 0.717) is 5.75 Å². The lowest BCUT2D eigenvalue weighted by Gasteiger charge is -2.08. The van der Waals surface area contributed by atoms with E-state index in [1.165, 1.54) is 0 Å². The normalized spacial score (nSPS) is 12.1. The number of ether oxygens (including phenoxy) is 1. The number of primary amides is 1. The minimum absolute atomic E-state index is 0.0224. The molecule has 0 saturated carbocycles. The molecule has 8 nitrogen and oxygen atoms in total. The summed E-state index contributed by atoms with van der Waals surface area (Å²) in [4.78, 5) is 10.8. The largest absolute Gasteiger partial charge is 0.484 e. The second-order valence-corrected chi connectivity index (χ2v) is 5.49. The topological polar surface area (TPSA) is 101 Å². The fourth-order valence-corrected chi connectivity index (χ4v) is 2.31. The minimum atomic E-state index is -0.517. The van der Waals surface area contributed by atoms with Gasteiger partial charge in [-0.1, -0.05) is 17.3 Å². The van der Waals surface area contributed by atoms with Crippen LogP contribution in [0.15, 0.2) is 42.9 Å². The van der Waals surface area contributed by atoms with E-state index in [-0.39, 0.29) is 12.6 Å². The van der Waals surface area contributed by atoms with Gasteiger partial charge in [0, 0.05) is 24.4 Å². The molecule has 0 spiro atoms. The fourth-order valence-electron chi connectivity index (χ4n) is 2.31. The number of benzene rings is 1. The third kappa shape index (κ3) is 3.43. The van der Waals surface area contributed by atoms with Crippen molar-refractivity contribution in [1.29, 1.82) is 0 Å². The molecule has 0 bridgehead atoms. The van der Waals surface area contributed by atoms with Crippen molar-refractivity contribution in [3.8, 4) is 17.0 Å². The number of hydrogen-bond donors (Lipinski definition) is 1. The molecule has 1 aromatic carbocycles. The molecule has 1 atom stereocenters. The minimum Gasteiger partial charge on any atom is -0.484 e. The molecule has 0 saturated heterocycles. The number of rotatable bonds is 6. The van der Waals surface area contributed by atoms with E-state index >= 15 is 0 Å². The first-order chi connectivity index (χ1) is 11.5. The Kier molecular flexibility index (Phi) is 4.28. The van der Waals surface area contributed by atoms with Crippen molar-refractivity contribution in [1.82, 2.24) is 24.8 Å². The van der Waals surface area contributed by atoms with Gasteiger partial charge in [0.1, 0.15) is 11.4 Å². The molecule has 1 amide bonds. The van der Waals surface area contributed by atoms with Crippen LogP contribution in [0.5, 0.6) is 5.75 Å². The summed E-state index contributed by atoms with van der Waals surface area (Å²) in [6.07, 6.45) is 5.62. The SMILES string of the molecule is CC(c1cnn(C)c1)n1cc(-c2cccc(OCC(N)=O)c2)nn1. The Labute approximate surface area is 138 Å². The number of hydrogen-bond acceptors (Lipinski definition) is 5. The van der Waals surface area contributed by atoms with Crippen molar-refractivity contribution in [3.63, 3.8) is 0 Å². The summed E-state index contributed by atoms with van der Waals surface area (Å²) >= 11 is 0. The molecule has 0 fully saturated rings. The first-order valence-electron chi connectivity index (χ1n) is 7.45. The zero-order chi connectivity index (χ0) is 17.1. The zero-order valence-corrected chi connectivity index (χ0v) is 13.5. The van der Waals surface area contributed by atoms with Crippen molar-refractivity contribution in [3.05, 3.63) is 48.4 Å². The van der Waals surface area contributed by atoms with Crippen LogP contribution in [-0.2, 0) is 11.8 Å². The van der Waals surface area contributed by atoms with Crippen LogP contribution >= 0.6 is 0 Å². The second kappa shape index (κ2) is 6.53. The standard InChI is InChI=1S/C16H18N6O2/c1-11(13-7-18-21(2)8-13)22-9-15(19-20-22)12-4-3-5-14(6-12)24-10-16(17)23/h3-9,11H,10H2,1-2H3,(H2,17,23). The van der Waals surface area contributed by atoms with Crippen LogP contribution in [0.4, 0.5) is 0 Å². The number of nitrogens with zero attached hydrogens (tertiary/aromatic N) is 5. The number of amides is 1. The highest BCUT2D eigenvalue weighted by atomic mass is 16.5. The summed E-state index contributed by atoms with van der Waals surface area (Å²) in [7, 11) is 1.88. The van der Waals surface area contributed by atoms with Gasteiger partial charge < -0.3 is 10.5 Å². The van der Waals surface area contributed by atoms with Crippen LogP contribution < -0.4 is 10.5 Å². The van der Waals surface area contributed by atoms with Crippen LogP contribution in [0.3, 0.4) is 0 Å². The van der Waals surface area contributed by atoms with E-state index in [9.17, 15) is 4.79 Å². The average Bonchev–Trinajstić information content (AvgIpc) is 3.22. The lowest BCUT2D eigenvalue weighted by molar-refractivity contribution is -0.119. The van der Waals surface area contributed by atoms with E-state index in [0.717, 1.165) is 16.8 Å². The average molecular weight is 326 g/mol. The molecule has 2 aromatic heterocycles. The molecular formula is C16H18N6O2. The third-order valence-electron chi connectivity index (χ3n) is 3.63. The predicted octanol–water partition coefficient (Wildman–Crippen LogP) is 1.15. The Morgan fingerprint density at radius 1 is 1.38 bits per heavy atom. The first kappa shape index (κ1) is 15.7. The third-order valence-corrected chi connectivity index (χ3v) is 3.63. The molecule has 0 aliphatic carbocycles. The molecule has 2 N–H and O–H groups in total. The second-order valence-electron chi connectivity index (χ2n) is 5.49. The Hall–Kier alpha value is -3.16. The monoisotopic (exact) mass is 326 g/mol. The van der Waals surface area contributed by atoms with Crippen LogP contribution in [0.2, 0.25) is 0 Å². The van der Waals surface area contributed by atoms with Gasteiger partial charge in [-0.2, -0.15) is 5.10 Å². The van der Waals surface area contributed by atoms with Crippen LogP contribution in [0, 0.1) is 0 Å². The molecule has 24 heavy (non-hydrogen) atoms. The van der Waals surface area contributed by atoms with Crippen molar-refractivity contribution < 1.29 is 9.53 Å². The van der Waals surface area contributed by atoms with Gasteiger partial charge in [0.05, 0.1) is 18.4 Å². The van der Waals surface area contributed by atoms with Crippen molar-refractivity contribution in [2.75, 3.05) is 6.61 Å². The molecule has 8 heteroatoms. The van der Waals surface area contributed by atoms with Crippen LogP contribution in [0.25, 0.3) is 11.3 Å². The highest BCUT2D eigenvalue weighted by Crippen LogP contribution is 2.24. The Bertz CT molecular complexity index is 854. The predicted molar refractivity (Wildman–Crippen MR) is 87.2 cm³/mol. The van der Waals surface area contributed by atoms with E-state index in [2.05, 4.69) is 15.4 Å². The smallest absolute Gasteiger partial charge is 0.255 e. The lowest BCUT2D eigenvalue weighted by atomic mass is 10.1. The van der Waals surface area contributed by atoms with Gasteiger partial charge >= 0.3 is 0 Å². The van der Waals surface area contributed by atoms with Crippen LogP contribution in [-0.4, -0.2) is 37.3 Å². The maximum Gasteiger partial charge on any atom is 0.255 e. The molecule has 124 valence electrons. The number of aryl methyl sites for hydroxylation is 1. The number of nitrogens with two attached hydrogens (primary N) is 1. The van der Waals surface area contributed by atoms with E-state index in [1.54, 1.807) is 21.5 Å². The van der Waals surface area contributed by atoms with E-state index < -0.39 is 5.91 Å². The molecule has 1 unspecified atom stereocenters. The van der Waals surface area contributed by atoms with Crippen molar-refractivity contribution in [2.45, 2.75) is 13.0 Å². The zero-order valence-electron chi connectivity index (χ0n) is 13.5. The van der Waals surface area contributed by atoms with Gasteiger partial charge in [-0.25, -0.2) is 4.68 Å². The Balaban J connectivity index is 1.80.